The van der Waals surface area contributed by atoms with E-state index in [4.69, 9.17) is 9.47 Å². The average Bonchev–Trinajstić information content (AvgIpc) is 3.17. The molecule has 0 bridgehead atoms. The van der Waals surface area contributed by atoms with Gasteiger partial charge in [0, 0.05) is 37.1 Å². The van der Waals surface area contributed by atoms with Crippen LogP contribution < -0.4 is 4.74 Å². The molecule has 2 saturated heterocycles. The fraction of sp³-hybridized carbons (Fsp3) is 0.375. The van der Waals surface area contributed by atoms with E-state index >= 15 is 0 Å². The quantitative estimate of drug-likeness (QED) is 0.788. The molecule has 1 spiro atoms. The molecule has 0 radical (unpaired) electrons. The second-order valence-electron chi connectivity index (χ2n) is 8.18. The van der Waals surface area contributed by atoms with Crippen LogP contribution in [0.25, 0.3) is 0 Å². The van der Waals surface area contributed by atoms with Gasteiger partial charge in [-0.3, -0.25) is 14.5 Å². The van der Waals surface area contributed by atoms with E-state index in [2.05, 4.69) is 0 Å². The Morgan fingerprint density at radius 2 is 1.72 bits per heavy atom. The van der Waals surface area contributed by atoms with Crippen LogP contribution in [-0.2, 0) is 9.53 Å². The van der Waals surface area contributed by atoms with Crippen molar-refractivity contribution < 1.29 is 29.0 Å². The van der Waals surface area contributed by atoms with E-state index in [0.717, 1.165) is 5.56 Å². The van der Waals surface area contributed by atoms with E-state index in [1.165, 1.54) is 4.90 Å². The molecule has 2 fully saturated rings. The fourth-order valence-electron chi connectivity index (χ4n) is 4.45. The number of piperidine rings is 1. The number of amides is 2. The molecule has 2 aliphatic rings. The zero-order valence-corrected chi connectivity index (χ0v) is 18.1. The first kappa shape index (κ1) is 21.8. The maximum Gasteiger partial charge on any atom is 0.328 e. The molecule has 8 heteroatoms. The van der Waals surface area contributed by atoms with Crippen LogP contribution in [0.15, 0.2) is 48.5 Å². The van der Waals surface area contributed by atoms with Crippen molar-refractivity contribution in [2.75, 3.05) is 26.8 Å². The van der Waals surface area contributed by atoms with Gasteiger partial charge in [-0.25, -0.2) is 4.79 Å². The third-order valence-electron chi connectivity index (χ3n) is 6.20. The van der Waals surface area contributed by atoms with Crippen molar-refractivity contribution in [3.63, 3.8) is 0 Å². The van der Waals surface area contributed by atoms with E-state index in [9.17, 15) is 19.5 Å². The van der Waals surface area contributed by atoms with Crippen LogP contribution in [-0.4, -0.2) is 71.3 Å². The van der Waals surface area contributed by atoms with Crippen molar-refractivity contribution in [3.05, 3.63) is 65.2 Å². The summed E-state index contributed by atoms with van der Waals surface area (Å²) in [7, 11) is 1.57. The van der Waals surface area contributed by atoms with Crippen LogP contribution in [0.1, 0.15) is 39.1 Å². The summed E-state index contributed by atoms with van der Waals surface area (Å²) in [4.78, 5) is 41.3. The Balaban J connectivity index is 1.54. The highest BCUT2D eigenvalue weighted by Crippen LogP contribution is 2.39. The van der Waals surface area contributed by atoms with Gasteiger partial charge in [0.05, 0.1) is 13.7 Å². The van der Waals surface area contributed by atoms with Crippen molar-refractivity contribution in [2.45, 2.75) is 31.5 Å². The fourth-order valence-corrected chi connectivity index (χ4v) is 4.45. The molecule has 0 aliphatic carbocycles. The van der Waals surface area contributed by atoms with Gasteiger partial charge in [-0.15, -0.1) is 0 Å². The van der Waals surface area contributed by atoms with Gasteiger partial charge < -0.3 is 19.5 Å². The summed E-state index contributed by atoms with van der Waals surface area (Å²) in [5.74, 6) is -0.913. The van der Waals surface area contributed by atoms with Gasteiger partial charge >= 0.3 is 5.97 Å². The molecule has 2 heterocycles. The summed E-state index contributed by atoms with van der Waals surface area (Å²) < 4.78 is 11.1. The van der Waals surface area contributed by atoms with Crippen LogP contribution in [0.3, 0.4) is 0 Å². The van der Waals surface area contributed by atoms with Crippen LogP contribution in [0.5, 0.6) is 5.75 Å². The van der Waals surface area contributed by atoms with Crippen molar-refractivity contribution in [3.8, 4) is 5.75 Å². The van der Waals surface area contributed by atoms with Crippen LogP contribution in [0, 0.1) is 6.92 Å². The second-order valence-corrected chi connectivity index (χ2v) is 8.18. The highest BCUT2D eigenvalue weighted by Gasteiger charge is 2.54. The number of rotatable bonds is 4. The maximum absolute atomic E-state index is 13.4. The first-order valence-electron chi connectivity index (χ1n) is 10.5. The number of benzene rings is 2. The number of hydrogen-bond donors (Lipinski definition) is 1. The van der Waals surface area contributed by atoms with Crippen LogP contribution >= 0.6 is 0 Å². The molecule has 1 unspecified atom stereocenters. The third kappa shape index (κ3) is 3.93. The molecule has 2 amide bonds. The van der Waals surface area contributed by atoms with Crippen LogP contribution in [0.4, 0.5) is 0 Å². The number of carboxylic acids is 1. The number of carbonyl (C=O) groups is 3. The maximum atomic E-state index is 13.4. The molecular formula is C24H26N2O6. The number of carbonyl (C=O) groups excluding carboxylic acids is 2. The number of likely N-dealkylation sites (tertiary alicyclic amines) is 1. The lowest BCUT2D eigenvalue weighted by Gasteiger charge is -2.44. The van der Waals surface area contributed by atoms with E-state index in [1.54, 1.807) is 54.5 Å². The minimum absolute atomic E-state index is 0.0701. The predicted molar refractivity (Wildman–Crippen MR) is 116 cm³/mol. The van der Waals surface area contributed by atoms with Crippen LogP contribution in [0.2, 0.25) is 0 Å². The SMILES string of the molecule is COc1ccc(C(=O)N2CCC3(CC2)OCC(C(=O)O)N3C(=O)c2cccc(C)c2)cc1. The molecule has 1 N–H and O–H groups in total. The van der Waals surface area contributed by atoms with Gasteiger partial charge in [0.15, 0.2) is 6.04 Å². The van der Waals surface area contributed by atoms with Crippen molar-refractivity contribution in [2.24, 2.45) is 0 Å². The molecule has 2 aliphatic heterocycles. The summed E-state index contributed by atoms with van der Waals surface area (Å²) in [6.07, 6.45) is 0.687. The lowest BCUT2D eigenvalue weighted by atomic mass is 9.96. The van der Waals surface area contributed by atoms with E-state index in [1.807, 2.05) is 13.0 Å². The molecule has 2 aromatic rings. The van der Waals surface area contributed by atoms with Gasteiger partial charge in [-0.1, -0.05) is 17.7 Å². The zero-order chi connectivity index (χ0) is 22.9. The Bertz CT molecular complexity index is 1030. The number of aliphatic carboxylic acids is 1. The van der Waals surface area contributed by atoms with E-state index < -0.39 is 17.7 Å². The topological polar surface area (TPSA) is 96.4 Å². The van der Waals surface area contributed by atoms with Gasteiger partial charge in [-0.05, 0) is 43.3 Å². The number of aryl methyl sites for hydroxylation is 1. The second kappa shape index (κ2) is 8.63. The molecule has 8 nitrogen and oxygen atoms in total. The monoisotopic (exact) mass is 438 g/mol. The zero-order valence-electron chi connectivity index (χ0n) is 18.1. The van der Waals surface area contributed by atoms with Gasteiger partial charge in [0.1, 0.15) is 11.5 Å². The molecule has 2 aromatic carbocycles. The Labute approximate surface area is 186 Å². The van der Waals surface area contributed by atoms with Crippen molar-refractivity contribution in [1.82, 2.24) is 9.80 Å². The molecule has 0 aromatic heterocycles. The lowest BCUT2D eigenvalue weighted by molar-refractivity contribution is -0.143. The Hall–Kier alpha value is -3.39. The Kier molecular flexibility index (Phi) is 5.88. The predicted octanol–water partition coefficient (Wildman–Crippen LogP) is 2.56. The van der Waals surface area contributed by atoms with E-state index in [0.29, 0.717) is 42.8 Å². The summed E-state index contributed by atoms with van der Waals surface area (Å²) in [5, 5.41) is 9.73. The van der Waals surface area contributed by atoms with E-state index in [-0.39, 0.29) is 18.4 Å². The standard InChI is InChI=1S/C24H26N2O6/c1-16-4-3-5-18(14-16)22(28)26-20(23(29)30)15-32-24(26)10-12-25(13-11-24)21(27)17-6-8-19(31-2)9-7-17/h3-9,14,20H,10-13,15H2,1-2H3,(H,29,30). The number of hydrogen-bond acceptors (Lipinski definition) is 5. The highest BCUT2D eigenvalue weighted by atomic mass is 16.5. The lowest BCUT2D eigenvalue weighted by Crippen LogP contribution is -2.58. The number of ether oxygens (including phenoxy) is 2. The minimum atomic E-state index is -1.10. The molecule has 32 heavy (non-hydrogen) atoms. The molecule has 0 saturated carbocycles. The molecule has 1 atom stereocenters. The normalized spacial score (nSPS) is 19.8. The smallest absolute Gasteiger partial charge is 0.328 e. The number of carboxylic acid groups (broad SMARTS) is 1. The van der Waals surface area contributed by atoms with Gasteiger partial charge in [0.25, 0.3) is 11.8 Å². The minimum Gasteiger partial charge on any atom is -0.497 e. The largest absolute Gasteiger partial charge is 0.497 e. The molecule has 4 rings (SSSR count). The summed E-state index contributed by atoms with van der Waals surface area (Å²) in [5.41, 5.74) is 0.848. The summed E-state index contributed by atoms with van der Waals surface area (Å²) >= 11 is 0. The van der Waals surface area contributed by atoms with Crippen molar-refractivity contribution >= 4 is 17.8 Å². The molecular weight excluding hydrogens is 412 g/mol. The first-order chi connectivity index (χ1) is 15.3. The van der Waals surface area contributed by atoms with Gasteiger partial charge in [0.2, 0.25) is 0 Å². The summed E-state index contributed by atoms with van der Waals surface area (Å²) in [6.45, 7) is 2.52. The number of nitrogens with zero attached hydrogens (tertiary/aromatic N) is 2. The summed E-state index contributed by atoms with van der Waals surface area (Å²) in [6, 6.07) is 12.9. The highest BCUT2D eigenvalue weighted by molar-refractivity contribution is 5.98. The Morgan fingerprint density at radius 1 is 1.03 bits per heavy atom. The molecule has 168 valence electrons. The van der Waals surface area contributed by atoms with Gasteiger partial charge in [-0.2, -0.15) is 0 Å². The van der Waals surface area contributed by atoms with Crippen molar-refractivity contribution in [1.29, 1.82) is 0 Å². The first-order valence-corrected chi connectivity index (χ1v) is 10.5. The average molecular weight is 438 g/mol. The number of methoxy groups -OCH3 is 1. The third-order valence-corrected chi connectivity index (χ3v) is 6.20. The Morgan fingerprint density at radius 3 is 2.31 bits per heavy atom.